The first-order valence-corrected chi connectivity index (χ1v) is 5.85. The van der Waals surface area contributed by atoms with Crippen molar-refractivity contribution in [2.75, 3.05) is 11.1 Å². The number of nitrogens with two attached hydrogens (primary N) is 1. The van der Waals surface area contributed by atoms with Crippen molar-refractivity contribution in [2.45, 2.75) is 19.6 Å². The van der Waals surface area contributed by atoms with Gasteiger partial charge in [0, 0.05) is 6.20 Å². The molecule has 3 N–H and O–H groups in total. The van der Waals surface area contributed by atoms with Gasteiger partial charge in [-0.2, -0.15) is 13.2 Å². The van der Waals surface area contributed by atoms with Crippen molar-refractivity contribution in [2.24, 2.45) is 0 Å². The van der Waals surface area contributed by atoms with Crippen LogP contribution in [0.4, 0.5) is 24.8 Å². The summed E-state index contributed by atoms with van der Waals surface area (Å²) in [7, 11) is 0. The van der Waals surface area contributed by atoms with E-state index in [0.717, 1.165) is 23.4 Å². The van der Waals surface area contributed by atoms with E-state index in [2.05, 4.69) is 15.3 Å². The molecule has 20 heavy (non-hydrogen) atoms. The highest BCUT2D eigenvalue weighted by atomic mass is 19.4. The summed E-state index contributed by atoms with van der Waals surface area (Å²) in [4.78, 5) is 7.97. The summed E-state index contributed by atoms with van der Waals surface area (Å²) in [6.07, 6.45) is -2.83. The lowest BCUT2D eigenvalue weighted by Crippen LogP contribution is -2.10. The van der Waals surface area contributed by atoms with Gasteiger partial charge in [-0.05, 0) is 30.7 Å². The van der Waals surface area contributed by atoms with E-state index in [-0.39, 0.29) is 18.2 Å². The molecule has 2 heterocycles. The van der Waals surface area contributed by atoms with Crippen LogP contribution in [0, 0.1) is 6.92 Å². The van der Waals surface area contributed by atoms with Gasteiger partial charge >= 0.3 is 6.18 Å². The first-order chi connectivity index (χ1) is 9.36. The Hall–Kier alpha value is -2.31. The van der Waals surface area contributed by atoms with Gasteiger partial charge in [0.05, 0.1) is 17.8 Å². The zero-order valence-electron chi connectivity index (χ0n) is 10.7. The average molecular weight is 282 g/mol. The van der Waals surface area contributed by atoms with Gasteiger partial charge in [-0.1, -0.05) is 6.07 Å². The maximum atomic E-state index is 12.7. The Morgan fingerprint density at radius 3 is 2.70 bits per heavy atom. The van der Waals surface area contributed by atoms with Crippen molar-refractivity contribution < 1.29 is 13.2 Å². The number of aryl methyl sites for hydroxylation is 1. The molecule has 0 amide bonds. The molecule has 0 aliphatic carbocycles. The minimum atomic E-state index is -4.45. The molecule has 0 saturated heterocycles. The third-order valence-electron chi connectivity index (χ3n) is 2.73. The fourth-order valence-electron chi connectivity index (χ4n) is 1.68. The predicted octanol–water partition coefficient (Wildman–Crippen LogP) is 3.00. The van der Waals surface area contributed by atoms with Gasteiger partial charge in [-0.3, -0.25) is 4.98 Å². The number of nitrogen functional groups attached to an aromatic ring is 1. The Kier molecular flexibility index (Phi) is 3.78. The number of anilines is 2. The smallest absolute Gasteiger partial charge is 0.384 e. The molecule has 0 fully saturated rings. The van der Waals surface area contributed by atoms with Crippen LogP contribution in [0.5, 0.6) is 0 Å². The summed E-state index contributed by atoms with van der Waals surface area (Å²) in [5.41, 5.74) is 6.25. The molecule has 0 radical (unpaired) electrons. The predicted molar refractivity (Wildman–Crippen MR) is 70.0 cm³/mol. The lowest BCUT2D eigenvalue weighted by molar-refractivity contribution is -0.137. The number of hydrogen-bond donors (Lipinski definition) is 2. The van der Waals surface area contributed by atoms with E-state index in [1.807, 2.05) is 13.0 Å². The Bertz CT molecular complexity index is 611. The third-order valence-corrected chi connectivity index (χ3v) is 2.73. The third kappa shape index (κ3) is 3.37. The zero-order valence-corrected chi connectivity index (χ0v) is 10.7. The van der Waals surface area contributed by atoms with Gasteiger partial charge < -0.3 is 11.1 Å². The van der Waals surface area contributed by atoms with E-state index < -0.39 is 11.7 Å². The quantitative estimate of drug-likeness (QED) is 0.908. The second kappa shape index (κ2) is 5.36. The molecule has 0 unspecified atom stereocenters. The lowest BCUT2D eigenvalue weighted by atomic mass is 10.2. The minimum absolute atomic E-state index is 0.0716. The minimum Gasteiger partial charge on any atom is -0.384 e. The molecule has 0 atom stereocenters. The van der Waals surface area contributed by atoms with Crippen molar-refractivity contribution in [3.05, 3.63) is 47.3 Å². The fraction of sp³-hybridized carbons (Fsp3) is 0.231. The van der Waals surface area contributed by atoms with E-state index in [0.29, 0.717) is 0 Å². The van der Waals surface area contributed by atoms with Crippen molar-refractivity contribution in [3.8, 4) is 0 Å². The van der Waals surface area contributed by atoms with Gasteiger partial charge in [0.2, 0.25) is 0 Å². The van der Waals surface area contributed by atoms with E-state index >= 15 is 0 Å². The molecule has 4 nitrogen and oxygen atoms in total. The molecule has 0 aliphatic rings. The van der Waals surface area contributed by atoms with Crippen LogP contribution in [0.25, 0.3) is 0 Å². The van der Waals surface area contributed by atoms with Crippen molar-refractivity contribution >= 4 is 11.6 Å². The lowest BCUT2D eigenvalue weighted by Gasteiger charge is -2.11. The molecular formula is C13H13F3N4. The van der Waals surface area contributed by atoms with Crippen LogP contribution in [0.15, 0.2) is 30.5 Å². The molecule has 106 valence electrons. The summed E-state index contributed by atoms with van der Waals surface area (Å²) >= 11 is 0. The Labute approximate surface area is 113 Å². The number of nitrogens with zero attached hydrogens (tertiary/aromatic N) is 2. The highest BCUT2D eigenvalue weighted by molar-refractivity contribution is 5.47. The van der Waals surface area contributed by atoms with Crippen molar-refractivity contribution in [1.82, 2.24) is 9.97 Å². The number of aromatic nitrogens is 2. The number of hydrogen-bond acceptors (Lipinski definition) is 4. The number of nitrogens with one attached hydrogen (secondary N) is 1. The van der Waals surface area contributed by atoms with Gasteiger partial charge in [0.1, 0.15) is 11.6 Å². The normalized spacial score (nSPS) is 11.4. The standard InChI is InChI=1S/C13H13F3N4/c1-8-3-2-4-18-10(8)7-19-12-6-9(13(14,15)16)5-11(17)20-12/h2-6H,7H2,1H3,(H3,17,19,20). The monoisotopic (exact) mass is 282 g/mol. The molecule has 7 heteroatoms. The van der Waals surface area contributed by atoms with Crippen LogP contribution in [-0.4, -0.2) is 9.97 Å². The molecule has 2 aromatic rings. The zero-order chi connectivity index (χ0) is 14.8. The van der Waals surface area contributed by atoms with Crippen LogP contribution in [0.3, 0.4) is 0 Å². The largest absolute Gasteiger partial charge is 0.416 e. The molecule has 2 aromatic heterocycles. The molecule has 2 rings (SSSR count). The summed E-state index contributed by atoms with van der Waals surface area (Å²) in [5.74, 6) is -0.109. The molecule has 0 saturated carbocycles. The highest BCUT2D eigenvalue weighted by Crippen LogP contribution is 2.31. The second-order valence-corrected chi connectivity index (χ2v) is 4.28. The topological polar surface area (TPSA) is 63.8 Å². The van der Waals surface area contributed by atoms with E-state index in [1.54, 1.807) is 12.3 Å². The van der Waals surface area contributed by atoms with Gasteiger partial charge in [-0.15, -0.1) is 0 Å². The van der Waals surface area contributed by atoms with Crippen molar-refractivity contribution in [1.29, 1.82) is 0 Å². The van der Waals surface area contributed by atoms with Crippen LogP contribution in [-0.2, 0) is 12.7 Å². The summed E-state index contributed by atoms with van der Waals surface area (Å²) in [5, 5.41) is 2.80. The Balaban J connectivity index is 2.18. The van der Waals surface area contributed by atoms with Crippen molar-refractivity contribution in [3.63, 3.8) is 0 Å². The average Bonchev–Trinajstić information content (AvgIpc) is 2.36. The van der Waals surface area contributed by atoms with Gasteiger partial charge in [0.15, 0.2) is 0 Å². The molecule has 0 aromatic carbocycles. The first kappa shape index (κ1) is 14.1. The molecule has 0 spiro atoms. The Morgan fingerprint density at radius 1 is 1.30 bits per heavy atom. The second-order valence-electron chi connectivity index (χ2n) is 4.28. The van der Waals surface area contributed by atoms with Gasteiger partial charge in [-0.25, -0.2) is 4.98 Å². The summed E-state index contributed by atoms with van der Waals surface area (Å²) < 4.78 is 38.0. The molecular weight excluding hydrogens is 269 g/mol. The van der Waals surface area contributed by atoms with Crippen LogP contribution in [0.1, 0.15) is 16.8 Å². The maximum Gasteiger partial charge on any atom is 0.416 e. The molecule has 0 bridgehead atoms. The first-order valence-electron chi connectivity index (χ1n) is 5.85. The number of rotatable bonds is 3. The Morgan fingerprint density at radius 2 is 2.05 bits per heavy atom. The van der Waals surface area contributed by atoms with E-state index in [1.165, 1.54) is 0 Å². The highest BCUT2D eigenvalue weighted by Gasteiger charge is 2.31. The molecule has 0 aliphatic heterocycles. The SMILES string of the molecule is Cc1cccnc1CNc1cc(C(F)(F)F)cc(N)n1. The summed E-state index contributed by atoms with van der Waals surface area (Å²) in [6.45, 7) is 2.15. The van der Waals surface area contributed by atoms with Crippen LogP contribution >= 0.6 is 0 Å². The number of alkyl halides is 3. The number of pyridine rings is 2. The fourth-order valence-corrected chi connectivity index (χ4v) is 1.68. The van der Waals surface area contributed by atoms with E-state index in [4.69, 9.17) is 5.73 Å². The van der Waals surface area contributed by atoms with Crippen LogP contribution < -0.4 is 11.1 Å². The number of halogens is 3. The maximum absolute atomic E-state index is 12.7. The van der Waals surface area contributed by atoms with E-state index in [9.17, 15) is 13.2 Å². The van der Waals surface area contributed by atoms with Crippen LogP contribution in [0.2, 0.25) is 0 Å². The summed E-state index contributed by atoms with van der Waals surface area (Å²) in [6, 6.07) is 5.39. The van der Waals surface area contributed by atoms with Gasteiger partial charge in [0.25, 0.3) is 0 Å².